The Balaban J connectivity index is 2.62. The first-order valence-corrected chi connectivity index (χ1v) is 5.20. The van der Waals surface area contributed by atoms with Gasteiger partial charge in [0.15, 0.2) is 0 Å². The summed E-state index contributed by atoms with van der Waals surface area (Å²) in [6.07, 6.45) is 0.505. The van der Waals surface area contributed by atoms with Crippen LogP contribution in [-0.2, 0) is 4.79 Å². The van der Waals surface area contributed by atoms with E-state index in [1.807, 2.05) is 31.2 Å². The van der Waals surface area contributed by atoms with Gasteiger partial charge in [0.2, 0.25) is 0 Å². The van der Waals surface area contributed by atoms with Crippen LogP contribution in [0.15, 0.2) is 29.8 Å². The molecule has 0 aliphatic heterocycles. The van der Waals surface area contributed by atoms with Crippen LogP contribution in [0.3, 0.4) is 0 Å². The molecule has 0 amide bonds. The molecule has 2 rings (SSSR count). The maximum absolute atomic E-state index is 11.0. The van der Waals surface area contributed by atoms with Gasteiger partial charge in [0.25, 0.3) is 0 Å². The number of hydrogen-bond donors (Lipinski definition) is 1. The minimum Gasteiger partial charge on any atom is -0.478 e. The molecular weight excluding hydrogens is 212 g/mol. The predicted octanol–water partition coefficient (Wildman–Crippen LogP) is 3.23. The monoisotopic (exact) mass is 222 g/mol. The van der Waals surface area contributed by atoms with E-state index in [4.69, 9.17) is 16.7 Å². The van der Waals surface area contributed by atoms with Gasteiger partial charge in [0.1, 0.15) is 0 Å². The molecule has 0 heterocycles. The molecule has 0 saturated carbocycles. The van der Waals surface area contributed by atoms with E-state index < -0.39 is 5.97 Å². The van der Waals surface area contributed by atoms with E-state index in [0.29, 0.717) is 17.0 Å². The Morgan fingerprint density at radius 3 is 2.80 bits per heavy atom. The van der Waals surface area contributed by atoms with Crippen molar-refractivity contribution in [3.63, 3.8) is 0 Å². The highest BCUT2D eigenvalue weighted by Crippen LogP contribution is 2.40. The average Bonchev–Trinajstić information content (AvgIpc) is 2.23. The van der Waals surface area contributed by atoms with Gasteiger partial charge in [-0.1, -0.05) is 42.8 Å². The lowest BCUT2D eigenvalue weighted by molar-refractivity contribution is -0.132. The van der Waals surface area contributed by atoms with Crippen molar-refractivity contribution in [2.24, 2.45) is 0 Å². The first-order chi connectivity index (χ1) is 7.11. The molecule has 15 heavy (non-hydrogen) atoms. The zero-order chi connectivity index (χ0) is 11.0. The first kappa shape index (κ1) is 10.2. The van der Waals surface area contributed by atoms with Crippen molar-refractivity contribution >= 4 is 22.6 Å². The Hall–Kier alpha value is -1.28. The number of rotatable bonds is 1. The summed E-state index contributed by atoms with van der Waals surface area (Å²) in [6, 6.07) is 7.70. The van der Waals surface area contributed by atoms with Gasteiger partial charge in [-0.3, -0.25) is 0 Å². The summed E-state index contributed by atoms with van der Waals surface area (Å²) in [5, 5.41) is 9.40. The Morgan fingerprint density at radius 2 is 2.13 bits per heavy atom. The van der Waals surface area contributed by atoms with E-state index in [-0.39, 0.29) is 5.92 Å². The van der Waals surface area contributed by atoms with E-state index >= 15 is 0 Å². The summed E-state index contributed by atoms with van der Waals surface area (Å²) in [6.45, 7) is 2.02. The van der Waals surface area contributed by atoms with Gasteiger partial charge in [0.05, 0.1) is 10.6 Å². The maximum atomic E-state index is 11.0. The number of carboxylic acid groups (broad SMARTS) is 1. The van der Waals surface area contributed by atoms with E-state index in [0.717, 1.165) is 11.1 Å². The van der Waals surface area contributed by atoms with Crippen molar-refractivity contribution in [3.05, 3.63) is 41.0 Å². The largest absolute Gasteiger partial charge is 0.478 e. The molecule has 0 radical (unpaired) electrons. The van der Waals surface area contributed by atoms with Crippen LogP contribution in [0.2, 0.25) is 0 Å². The molecule has 0 saturated heterocycles. The van der Waals surface area contributed by atoms with Gasteiger partial charge < -0.3 is 5.11 Å². The maximum Gasteiger partial charge on any atom is 0.333 e. The number of aliphatic carboxylic acids is 1. The fraction of sp³-hybridized carbons (Fsp3) is 0.250. The third kappa shape index (κ3) is 1.65. The highest BCUT2D eigenvalue weighted by atomic mass is 35.5. The minimum absolute atomic E-state index is 0.217. The van der Waals surface area contributed by atoms with Crippen LogP contribution in [0, 0.1) is 0 Å². The van der Waals surface area contributed by atoms with Crippen LogP contribution in [0.4, 0.5) is 0 Å². The summed E-state index contributed by atoms with van der Waals surface area (Å²) < 4.78 is 0. The highest BCUT2D eigenvalue weighted by molar-refractivity contribution is 6.51. The van der Waals surface area contributed by atoms with E-state index in [9.17, 15) is 4.79 Å². The lowest BCUT2D eigenvalue weighted by atomic mass is 9.84. The minimum atomic E-state index is -0.915. The molecule has 0 spiro atoms. The number of fused-ring (bicyclic) bond motifs is 1. The number of hydrogen-bond acceptors (Lipinski definition) is 1. The Kier molecular flexibility index (Phi) is 2.53. The normalized spacial score (nSPS) is 20.0. The molecule has 78 valence electrons. The second kappa shape index (κ2) is 3.70. The van der Waals surface area contributed by atoms with E-state index in [2.05, 4.69) is 0 Å². The predicted molar refractivity (Wildman–Crippen MR) is 59.9 cm³/mol. The zero-order valence-electron chi connectivity index (χ0n) is 8.33. The zero-order valence-corrected chi connectivity index (χ0v) is 9.08. The van der Waals surface area contributed by atoms with Crippen LogP contribution in [0.1, 0.15) is 30.4 Å². The molecule has 1 N–H and O–H groups in total. The summed E-state index contributed by atoms with van der Waals surface area (Å²) in [5.74, 6) is -0.698. The molecule has 1 aromatic rings. The second-order valence-electron chi connectivity index (χ2n) is 3.79. The van der Waals surface area contributed by atoms with E-state index in [1.165, 1.54) is 0 Å². The second-order valence-corrected chi connectivity index (χ2v) is 4.17. The molecule has 0 fully saturated rings. The quantitative estimate of drug-likeness (QED) is 0.792. The van der Waals surface area contributed by atoms with Crippen molar-refractivity contribution in [3.8, 4) is 0 Å². The summed E-state index contributed by atoms with van der Waals surface area (Å²) in [5.41, 5.74) is 2.31. The summed E-state index contributed by atoms with van der Waals surface area (Å²) in [7, 11) is 0. The van der Waals surface area contributed by atoms with Crippen molar-refractivity contribution in [1.29, 1.82) is 0 Å². The molecule has 1 aromatic carbocycles. The van der Waals surface area contributed by atoms with Crippen LogP contribution in [0.25, 0.3) is 5.03 Å². The van der Waals surface area contributed by atoms with Crippen LogP contribution < -0.4 is 0 Å². The van der Waals surface area contributed by atoms with Crippen molar-refractivity contribution in [1.82, 2.24) is 0 Å². The van der Waals surface area contributed by atoms with Crippen LogP contribution in [-0.4, -0.2) is 11.1 Å². The molecule has 1 aliphatic rings. The van der Waals surface area contributed by atoms with Crippen molar-refractivity contribution < 1.29 is 9.90 Å². The molecule has 1 unspecified atom stereocenters. The third-order valence-corrected chi connectivity index (χ3v) is 3.19. The molecule has 0 aromatic heterocycles. The fourth-order valence-corrected chi connectivity index (χ4v) is 2.31. The molecular formula is C12H11ClO2. The van der Waals surface area contributed by atoms with Gasteiger partial charge in [-0.25, -0.2) is 4.79 Å². The van der Waals surface area contributed by atoms with Gasteiger partial charge >= 0.3 is 5.97 Å². The molecule has 1 atom stereocenters. The van der Waals surface area contributed by atoms with Crippen LogP contribution in [0.5, 0.6) is 0 Å². The molecule has 1 aliphatic carbocycles. The highest BCUT2D eigenvalue weighted by Gasteiger charge is 2.26. The molecule has 0 bridgehead atoms. The average molecular weight is 223 g/mol. The van der Waals surface area contributed by atoms with E-state index in [1.54, 1.807) is 0 Å². The van der Waals surface area contributed by atoms with Gasteiger partial charge in [-0.2, -0.15) is 0 Å². The Morgan fingerprint density at radius 1 is 1.47 bits per heavy atom. The molecule has 2 nitrogen and oxygen atoms in total. The van der Waals surface area contributed by atoms with Crippen LogP contribution >= 0.6 is 11.6 Å². The Labute approximate surface area is 93.2 Å². The lowest BCUT2D eigenvalue weighted by Gasteiger charge is -2.23. The Bertz CT molecular complexity index is 449. The van der Waals surface area contributed by atoms with Crippen molar-refractivity contribution in [2.75, 3.05) is 0 Å². The van der Waals surface area contributed by atoms with Gasteiger partial charge in [-0.15, -0.1) is 0 Å². The van der Waals surface area contributed by atoms with Gasteiger partial charge in [-0.05, 0) is 23.5 Å². The number of halogens is 1. The lowest BCUT2D eigenvalue weighted by Crippen LogP contribution is -2.12. The third-order valence-electron chi connectivity index (χ3n) is 2.76. The first-order valence-electron chi connectivity index (χ1n) is 4.82. The SMILES string of the molecule is CC1CC(C(=O)O)=C(Cl)c2ccccc21. The summed E-state index contributed by atoms with van der Waals surface area (Å²) >= 11 is 6.07. The smallest absolute Gasteiger partial charge is 0.333 e. The summed E-state index contributed by atoms with van der Waals surface area (Å²) in [4.78, 5) is 11.0. The number of benzene rings is 1. The fourth-order valence-electron chi connectivity index (χ4n) is 1.98. The van der Waals surface area contributed by atoms with Crippen molar-refractivity contribution in [2.45, 2.75) is 19.3 Å². The topological polar surface area (TPSA) is 37.3 Å². The standard InChI is InChI=1S/C12H11ClO2/c1-7-6-10(12(14)15)11(13)9-5-3-2-4-8(7)9/h2-5,7H,6H2,1H3,(H,14,15). The number of carboxylic acids is 1. The van der Waals surface area contributed by atoms with Gasteiger partial charge in [0, 0.05) is 0 Å². The number of carbonyl (C=O) groups is 1. The molecule has 3 heteroatoms.